The van der Waals surface area contributed by atoms with E-state index in [0.717, 1.165) is 48.1 Å². The average Bonchev–Trinajstić information content (AvgIpc) is 3.27. The molecule has 0 spiro atoms. The monoisotopic (exact) mass is 486 g/mol. The van der Waals surface area contributed by atoms with Gasteiger partial charge in [-0.1, -0.05) is 31.4 Å². The second-order valence-electron chi connectivity index (χ2n) is 9.01. The van der Waals surface area contributed by atoms with Crippen LogP contribution in [0.5, 0.6) is 0 Å². The normalized spacial score (nSPS) is 17.8. The van der Waals surface area contributed by atoms with Crippen molar-refractivity contribution in [2.45, 2.75) is 56.5 Å². The molecule has 6 nitrogen and oxygen atoms in total. The predicted molar refractivity (Wildman–Crippen MR) is 135 cm³/mol. The fourth-order valence-electron chi connectivity index (χ4n) is 4.67. The molecule has 2 aliphatic rings. The van der Waals surface area contributed by atoms with Gasteiger partial charge in [0.2, 0.25) is 5.91 Å². The number of hydrogen-bond acceptors (Lipinski definition) is 6. The summed E-state index contributed by atoms with van der Waals surface area (Å²) >= 11 is 3.17. The summed E-state index contributed by atoms with van der Waals surface area (Å²) in [5.41, 5.74) is 1.82. The fourth-order valence-corrected chi connectivity index (χ4v) is 6.24. The Bertz CT molecular complexity index is 949. The van der Waals surface area contributed by atoms with Crippen molar-refractivity contribution in [2.24, 2.45) is 0 Å². The Morgan fingerprint density at radius 3 is 2.55 bits per heavy atom. The Morgan fingerprint density at radius 2 is 1.85 bits per heavy atom. The van der Waals surface area contributed by atoms with E-state index >= 15 is 0 Å². The van der Waals surface area contributed by atoms with Gasteiger partial charge in [0.05, 0.1) is 22.0 Å². The molecule has 1 saturated carbocycles. The molecule has 0 atom stereocenters. The Morgan fingerprint density at radius 1 is 1.12 bits per heavy atom. The minimum atomic E-state index is 0.0651. The molecule has 4 rings (SSSR count). The van der Waals surface area contributed by atoms with Crippen molar-refractivity contribution in [2.75, 3.05) is 39.0 Å². The zero-order valence-corrected chi connectivity index (χ0v) is 21.3. The van der Waals surface area contributed by atoms with Gasteiger partial charge < -0.3 is 9.80 Å². The summed E-state index contributed by atoms with van der Waals surface area (Å²) in [7, 11) is 1.93. The van der Waals surface area contributed by atoms with Crippen LogP contribution in [-0.4, -0.2) is 76.5 Å². The Hall–Kier alpha value is -1.90. The van der Waals surface area contributed by atoms with Gasteiger partial charge in [0, 0.05) is 56.1 Å². The quantitative estimate of drug-likeness (QED) is 0.547. The van der Waals surface area contributed by atoms with E-state index in [4.69, 9.17) is 0 Å². The van der Waals surface area contributed by atoms with Crippen molar-refractivity contribution in [3.8, 4) is 0 Å². The van der Waals surface area contributed by atoms with Crippen LogP contribution in [0.1, 0.15) is 53.2 Å². The minimum Gasteiger partial charge on any atom is -0.342 e. The Kier molecular flexibility index (Phi) is 8.44. The number of amides is 2. The van der Waals surface area contributed by atoms with E-state index in [2.05, 4.69) is 15.3 Å². The smallest absolute Gasteiger partial charge is 0.255 e. The van der Waals surface area contributed by atoms with Crippen molar-refractivity contribution in [1.29, 1.82) is 0 Å². The predicted octanol–water partition coefficient (Wildman–Crippen LogP) is 4.29. The molecule has 0 bridgehead atoms. The number of aryl methyl sites for hydroxylation is 1. The fraction of sp³-hybridized carbons (Fsp3) is 0.560. The average molecular weight is 487 g/mol. The van der Waals surface area contributed by atoms with E-state index in [1.807, 2.05) is 48.0 Å². The molecule has 2 amide bonds. The first kappa shape index (κ1) is 24.2. The molecule has 0 radical (unpaired) electrons. The molecule has 1 aliphatic carbocycles. The van der Waals surface area contributed by atoms with Gasteiger partial charge in [-0.2, -0.15) is 0 Å². The van der Waals surface area contributed by atoms with Gasteiger partial charge in [0.25, 0.3) is 5.91 Å². The van der Waals surface area contributed by atoms with Gasteiger partial charge in [-0.3, -0.25) is 14.5 Å². The van der Waals surface area contributed by atoms with Crippen LogP contribution < -0.4 is 0 Å². The summed E-state index contributed by atoms with van der Waals surface area (Å²) in [6.45, 7) is 6.00. The molecule has 1 aliphatic heterocycles. The molecule has 0 N–H and O–H groups in total. The molecule has 8 heteroatoms. The van der Waals surface area contributed by atoms with Crippen molar-refractivity contribution in [1.82, 2.24) is 19.7 Å². The van der Waals surface area contributed by atoms with Crippen molar-refractivity contribution in [3.63, 3.8) is 0 Å². The van der Waals surface area contributed by atoms with E-state index in [-0.39, 0.29) is 11.8 Å². The molecule has 1 aromatic carbocycles. The number of thiazole rings is 1. The molecule has 2 heterocycles. The molecule has 178 valence electrons. The third-order valence-electron chi connectivity index (χ3n) is 6.70. The third-order valence-corrected chi connectivity index (χ3v) is 8.58. The van der Waals surface area contributed by atoms with Gasteiger partial charge in [0.1, 0.15) is 0 Å². The summed E-state index contributed by atoms with van der Waals surface area (Å²) in [5, 5.41) is 3.21. The van der Waals surface area contributed by atoms with Gasteiger partial charge in [-0.15, -0.1) is 23.1 Å². The van der Waals surface area contributed by atoms with E-state index in [1.165, 1.54) is 31.0 Å². The van der Waals surface area contributed by atoms with E-state index in [0.29, 0.717) is 30.4 Å². The maximum atomic E-state index is 13.3. The Balaban J connectivity index is 1.31. The first-order valence-corrected chi connectivity index (χ1v) is 13.8. The number of nitrogens with zero attached hydrogens (tertiary/aromatic N) is 4. The molecular weight excluding hydrogens is 452 g/mol. The number of aromatic nitrogens is 1. The van der Waals surface area contributed by atoms with Crippen molar-refractivity contribution in [3.05, 3.63) is 45.9 Å². The van der Waals surface area contributed by atoms with Gasteiger partial charge in [-0.05, 0) is 31.9 Å². The number of piperazine rings is 1. The molecule has 1 aromatic heterocycles. The van der Waals surface area contributed by atoms with E-state index < -0.39 is 0 Å². The maximum absolute atomic E-state index is 13.3. The molecule has 2 fully saturated rings. The number of hydrogen-bond donors (Lipinski definition) is 0. The van der Waals surface area contributed by atoms with Gasteiger partial charge in [-0.25, -0.2) is 4.98 Å². The van der Waals surface area contributed by atoms with Crippen molar-refractivity contribution >= 4 is 34.9 Å². The van der Waals surface area contributed by atoms with Crippen molar-refractivity contribution < 1.29 is 9.59 Å². The van der Waals surface area contributed by atoms with Crippen LogP contribution in [0.2, 0.25) is 0 Å². The topological polar surface area (TPSA) is 56.8 Å². The summed E-state index contributed by atoms with van der Waals surface area (Å²) in [4.78, 5) is 37.8. The van der Waals surface area contributed by atoms with Crippen LogP contribution in [-0.2, 0) is 11.3 Å². The third kappa shape index (κ3) is 6.37. The van der Waals surface area contributed by atoms with Crippen LogP contribution in [0.25, 0.3) is 0 Å². The highest BCUT2D eigenvalue weighted by molar-refractivity contribution is 8.00. The summed E-state index contributed by atoms with van der Waals surface area (Å²) in [6, 6.07) is 8.08. The van der Waals surface area contributed by atoms with Crippen LogP contribution in [0.4, 0.5) is 0 Å². The number of benzene rings is 1. The van der Waals surface area contributed by atoms with Crippen LogP contribution in [0.15, 0.2) is 34.5 Å². The SMILES string of the molecule is Cc1nc(CN2CCN(C(=O)c3ccccc3SCC(=O)N(C)C3CCCCC3)CC2)cs1. The van der Waals surface area contributed by atoms with E-state index in [9.17, 15) is 9.59 Å². The number of carbonyl (C=O) groups excluding carboxylic acids is 2. The summed E-state index contributed by atoms with van der Waals surface area (Å²) in [6.07, 6.45) is 5.92. The molecule has 33 heavy (non-hydrogen) atoms. The lowest BCUT2D eigenvalue weighted by atomic mass is 9.94. The van der Waals surface area contributed by atoms with Gasteiger partial charge >= 0.3 is 0 Å². The second-order valence-corrected chi connectivity index (χ2v) is 11.1. The van der Waals surface area contributed by atoms with Crippen LogP contribution in [0, 0.1) is 6.92 Å². The summed E-state index contributed by atoms with van der Waals surface area (Å²) < 4.78 is 0. The largest absolute Gasteiger partial charge is 0.342 e. The van der Waals surface area contributed by atoms with Crippen LogP contribution >= 0.6 is 23.1 Å². The molecule has 0 unspecified atom stereocenters. The zero-order valence-electron chi connectivity index (χ0n) is 19.7. The highest BCUT2D eigenvalue weighted by Crippen LogP contribution is 2.27. The second kappa shape index (κ2) is 11.5. The lowest BCUT2D eigenvalue weighted by Gasteiger charge is -2.34. The lowest BCUT2D eigenvalue weighted by Crippen LogP contribution is -2.48. The van der Waals surface area contributed by atoms with Crippen LogP contribution in [0.3, 0.4) is 0 Å². The zero-order chi connectivity index (χ0) is 23.2. The van der Waals surface area contributed by atoms with Gasteiger partial charge in [0.15, 0.2) is 0 Å². The highest BCUT2D eigenvalue weighted by atomic mass is 32.2. The molecule has 1 saturated heterocycles. The Labute approximate surface area is 205 Å². The lowest BCUT2D eigenvalue weighted by molar-refractivity contribution is -0.129. The highest BCUT2D eigenvalue weighted by Gasteiger charge is 2.26. The number of carbonyl (C=O) groups is 2. The molecule has 2 aromatic rings. The number of rotatable bonds is 7. The first-order valence-electron chi connectivity index (χ1n) is 11.9. The molecular formula is C25H34N4O2S2. The standard InChI is InChI=1S/C25H34N4O2S2/c1-19-26-20(17-32-19)16-28-12-14-29(15-13-28)25(31)22-10-6-7-11-23(22)33-18-24(30)27(2)21-8-4-3-5-9-21/h6-7,10-11,17,21H,3-5,8-9,12-16,18H2,1-2H3. The minimum absolute atomic E-state index is 0.0651. The number of thioether (sulfide) groups is 1. The summed E-state index contributed by atoms with van der Waals surface area (Å²) in [5.74, 6) is 0.591. The maximum Gasteiger partial charge on any atom is 0.255 e. The van der Waals surface area contributed by atoms with E-state index in [1.54, 1.807) is 11.3 Å². The first-order chi connectivity index (χ1) is 16.0.